The van der Waals surface area contributed by atoms with Crippen LogP contribution in [0.25, 0.3) is 0 Å². The van der Waals surface area contributed by atoms with Crippen molar-refractivity contribution in [2.24, 2.45) is 7.05 Å². The molecule has 0 unspecified atom stereocenters. The second-order valence-electron chi connectivity index (χ2n) is 7.72. The van der Waals surface area contributed by atoms with Crippen molar-refractivity contribution in [3.63, 3.8) is 0 Å². The van der Waals surface area contributed by atoms with Crippen molar-refractivity contribution in [3.8, 4) is 0 Å². The minimum absolute atomic E-state index is 0.00506. The normalized spacial score (nSPS) is 15.8. The monoisotopic (exact) mass is 389 g/mol. The SMILES string of the molecule is Cn1cccc1C(=O)N1CCn2nc(C(=O)N3CCc4ccccc4C3)cc2C1. The third-order valence-electron chi connectivity index (χ3n) is 5.88. The van der Waals surface area contributed by atoms with Gasteiger partial charge in [0.15, 0.2) is 5.69 Å². The summed E-state index contributed by atoms with van der Waals surface area (Å²) in [5, 5.41) is 4.54. The highest BCUT2D eigenvalue weighted by Gasteiger charge is 2.28. The summed E-state index contributed by atoms with van der Waals surface area (Å²) in [6, 6.07) is 13.8. The van der Waals surface area contributed by atoms with Gasteiger partial charge in [0.05, 0.1) is 18.8 Å². The summed E-state index contributed by atoms with van der Waals surface area (Å²) in [6.45, 7) is 2.98. The Morgan fingerprint density at radius 1 is 0.897 bits per heavy atom. The molecule has 148 valence electrons. The number of nitrogens with zero attached hydrogens (tertiary/aromatic N) is 5. The van der Waals surface area contributed by atoms with Gasteiger partial charge in [-0.25, -0.2) is 0 Å². The van der Waals surface area contributed by atoms with Gasteiger partial charge >= 0.3 is 0 Å². The first-order valence-corrected chi connectivity index (χ1v) is 9.93. The zero-order chi connectivity index (χ0) is 20.0. The third kappa shape index (κ3) is 3.12. The van der Waals surface area contributed by atoms with Gasteiger partial charge in [-0.3, -0.25) is 14.3 Å². The van der Waals surface area contributed by atoms with E-state index in [2.05, 4.69) is 17.2 Å². The van der Waals surface area contributed by atoms with Crippen LogP contribution in [-0.4, -0.2) is 49.1 Å². The Labute approximate surface area is 169 Å². The Hall–Kier alpha value is -3.35. The van der Waals surface area contributed by atoms with E-state index in [9.17, 15) is 9.59 Å². The Bertz CT molecular complexity index is 1100. The molecule has 0 fully saturated rings. The highest BCUT2D eigenvalue weighted by Crippen LogP contribution is 2.22. The van der Waals surface area contributed by atoms with Gasteiger partial charge in [-0.1, -0.05) is 24.3 Å². The maximum absolute atomic E-state index is 13.0. The molecule has 0 spiro atoms. The fraction of sp³-hybridized carbons (Fsp3) is 0.318. The van der Waals surface area contributed by atoms with E-state index >= 15 is 0 Å². The van der Waals surface area contributed by atoms with Crippen molar-refractivity contribution in [2.45, 2.75) is 26.1 Å². The van der Waals surface area contributed by atoms with Gasteiger partial charge in [0.1, 0.15) is 5.69 Å². The molecule has 0 aliphatic carbocycles. The molecule has 7 nitrogen and oxygen atoms in total. The number of amides is 2. The minimum Gasteiger partial charge on any atom is -0.347 e. The molecule has 7 heteroatoms. The van der Waals surface area contributed by atoms with Crippen molar-refractivity contribution in [2.75, 3.05) is 13.1 Å². The Morgan fingerprint density at radius 2 is 1.69 bits per heavy atom. The highest BCUT2D eigenvalue weighted by molar-refractivity contribution is 5.93. The first-order chi connectivity index (χ1) is 14.1. The Morgan fingerprint density at radius 3 is 2.48 bits per heavy atom. The predicted molar refractivity (Wildman–Crippen MR) is 107 cm³/mol. The molecule has 0 saturated carbocycles. The highest BCUT2D eigenvalue weighted by atomic mass is 16.2. The van der Waals surface area contributed by atoms with E-state index in [1.54, 1.807) is 0 Å². The number of hydrogen-bond acceptors (Lipinski definition) is 3. The van der Waals surface area contributed by atoms with Crippen LogP contribution < -0.4 is 0 Å². The second kappa shape index (κ2) is 6.92. The Balaban J connectivity index is 1.32. The maximum Gasteiger partial charge on any atom is 0.274 e. The lowest BCUT2D eigenvalue weighted by atomic mass is 10.00. The largest absolute Gasteiger partial charge is 0.347 e. The van der Waals surface area contributed by atoms with Gasteiger partial charge in [-0.2, -0.15) is 5.10 Å². The molecule has 0 N–H and O–H groups in total. The zero-order valence-corrected chi connectivity index (χ0v) is 16.4. The first-order valence-electron chi connectivity index (χ1n) is 9.93. The van der Waals surface area contributed by atoms with Gasteiger partial charge < -0.3 is 14.4 Å². The average Bonchev–Trinajstić information content (AvgIpc) is 3.37. The Kier molecular flexibility index (Phi) is 4.23. The second-order valence-corrected chi connectivity index (χ2v) is 7.72. The smallest absolute Gasteiger partial charge is 0.274 e. The number of carbonyl (C=O) groups excluding carboxylic acids is 2. The van der Waals surface area contributed by atoms with E-state index in [1.165, 1.54) is 11.1 Å². The molecule has 0 bridgehead atoms. The van der Waals surface area contributed by atoms with Crippen LogP contribution in [0.1, 0.15) is 37.8 Å². The van der Waals surface area contributed by atoms with E-state index in [0.717, 1.165) is 12.1 Å². The van der Waals surface area contributed by atoms with Gasteiger partial charge in [0, 0.05) is 32.9 Å². The van der Waals surface area contributed by atoms with E-state index in [1.807, 2.05) is 62.6 Å². The molecule has 0 saturated heterocycles. The van der Waals surface area contributed by atoms with Gasteiger partial charge in [-0.15, -0.1) is 0 Å². The number of benzene rings is 1. The first kappa shape index (κ1) is 17.7. The van der Waals surface area contributed by atoms with E-state index in [0.29, 0.717) is 44.1 Å². The summed E-state index contributed by atoms with van der Waals surface area (Å²) in [5.41, 5.74) is 4.55. The third-order valence-corrected chi connectivity index (χ3v) is 5.88. The summed E-state index contributed by atoms with van der Waals surface area (Å²) in [5.74, 6) is -0.0350. The fourth-order valence-corrected chi connectivity index (χ4v) is 4.22. The number of rotatable bonds is 2. The summed E-state index contributed by atoms with van der Waals surface area (Å²) in [7, 11) is 1.87. The van der Waals surface area contributed by atoms with Crippen molar-refractivity contribution >= 4 is 11.8 Å². The molecule has 0 radical (unpaired) electrons. The summed E-state index contributed by atoms with van der Waals surface area (Å²) in [4.78, 5) is 29.5. The molecular weight excluding hydrogens is 366 g/mol. The molecule has 4 heterocycles. The summed E-state index contributed by atoms with van der Waals surface area (Å²) >= 11 is 0. The molecule has 1 aromatic carbocycles. The average molecular weight is 389 g/mol. The lowest BCUT2D eigenvalue weighted by molar-refractivity contribution is 0.0691. The molecule has 29 heavy (non-hydrogen) atoms. The number of hydrogen-bond donors (Lipinski definition) is 0. The van der Waals surface area contributed by atoms with Crippen LogP contribution in [0.5, 0.6) is 0 Å². The fourth-order valence-electron chi connectivity index (χ4n) is 4.22. The van der Waals surface area contributed by atoms with E-state index < -0.39 is 0 Å². The molecule has 2 amide bonds. The minimum atomic E-state index is -0.0401. The molecule has 2 aromatic heterocycles. The number of fused-ring (bicyclic) bond motifs is 2. The number of aromatic nitrogens is 3. The van der Waals surface area contributed by atoms with Crippen molar-refractivity contribution in [3.05, 3.63) is 76.9 Å². The van der Waals surface area contributed by atoms with Crippen LogP contribution >= 0.6 is 0 Å². The lowest BCUT2D eigenvalue weighted by Gasteiger charge is -2.28. The van der Waals surface area contributed by atoms with Crippen molar-refractivity contribution in [1.29, 1.82) is 0 Å². The van der Waals surface area contributed by atoms with Crippen LogP contribution in [0.4, 0.5) is 0 Å². The maximum atomic E-state index is 13.0. The topological polar surface area (TPSA) is 63.4 Å². The molecule has 2 aliphatic heterocycles. The number of aryl methyl sites for hydroxylation is 1. The van der Waals surface area contributed by atoms with E-state index in [-0.39, 0.29) is 11.8 Å². The summed E-state index contributed by atoms with van der Waals surface area (Å²) in [6.07, 6.45) is 2.74. The van der Waals surface area contributed by atoms with Crippen LogP contribution in [0.2, 0.25) is 0 Å². The lowest BCUT2D eigenvalue weighted by Crippen LogP contribution is -2.39. The van der Waals surface area contributed by atoms with Gasteiger partial charge in [0.25, 0.3) is 11.8 Å². The molecular formula is C22H23N5O2. The van der Waals surface area contributed by atoms with Crippen LogP contribution in [0, 0.1) is 0 Å². The van der Waals surface area contributed by atoms with Crippen LogP contribution in [-0.2, 0) is 33.1 Å². The van der Waals surface area contributed by atoms with Crippen LogP contribution in [0.3, 0.4) is 0 Å². The molecule has 3 aromatic rings. The molecule has 5 rings (SSSR count). The van der Waals surface area contributed by atoms with Crippen LogP contribution in [0.15, 0.2) is 48.7 Å². The quantitative estimate of drug-likeness (QED) is 0.674. The summed E-state index contributed by atoms with van der Waals surface area (Å²) < 4.78 is 3.69. The van der Waals surface area contributed by atoms with Crippen molar-refractivity contribution in [1.82, 2.24) is 24.1 Å². The van der Waals surface area contributed by atoms with E-state index in [4.69, 9.17) is 0 Å². The standard InChI is InChI=1S/C22H23N5O2/c1-24-9-4-7-20(24)22(29)26-11-12-27-18(15-26)13-19(23-27)21(28)25-10-8-16-5-2-3-6-17(16)14-25/h2-7,9,13H,8,10-12,14-15H2,1H3. The molecule has 0 atom stereocenters. The van der Waals surface area contributed by atoms with Crippen molar-refractivity contribution < 1.29 is 9.59 Å². The van der Waals surface area contributed by atoms with Gasteiger partial charge in [0.2, 0.25) is 0 Å². The predicted octanol–water partition coefficient (Wildman–Crippen LogP) is 2.08. The molecule has 2 aliphatic rings. The van der Waals surface area contributed by atoms with Gasteiger partial charge in [-0.05, 0) is 35.7 Å². The zero-order valence-electron chi connectivity index (χ0n) is 16.4. The number of carbonyl (C=O) groups is 2.